The third-order valence-electron chi connectivity index (χ3n) is 3.69. The second-order valence-corrected chi connectivity index (χ2v) is 5.85. The van der Waals surface area contributed by atoms with E-state index in [-0.39, 0.29) is 0 Å². The first-order chi connectivity index (χ1) is 10.2. The minimum absolute atomic E-state index is 0.469. The highest BCUT2D eigenvalue weighted by molar-refractivity contribution is 5.87. The van der Waals surface area contributed by atoms with Gasteiger partial charge in [-0.25, -0.2) is 0 Å². The molecule has 2 aromatic rings. The topological polar surface area (TPSA) is 21.3 Å². The third-order valence-corrected chi connectivity index (χ3v) is 3.69. The summed E-state index contributed by atoms with van der Waals surface area (Å²) in [4.78, 5) is 0. The van der Waals surface area contributed by atoms with Gasteiger partial charge in [-0.1, -0.05) is 63.9 Å². The van der Waals surface area contributed by atoms with Gasteiger partial charge in [0.2, 0.25) is 0 Å². The smallest absolute Gasteiger partial charge is 0.124 e. The second kappa shape index (κ2) is 8.04. The molecule has 0 amide bonds. The van der Waals surface area contributed by atoms with E-state index in [0.29, 0.717) is 6.04 Å². The molecule has 0 atom stereocenters. The first-order valence-electron chi connectivity index (χ1n) is 8.09. The highest BCUT2D eigenvalue weighted by Crippen LogP contribution is 2.28. The van der Waals surface area contributed by atoms with E-state index in [1.54, 1.807) is 0 Å². The number of fused-ring (bicyclic) bond motifs is 1. The van der Waals surface area contributed by atoms with Gasteiger partial charge in [0.05, 0.1) is 6.61 Å². The van der Waals surface area contributed by atoms with E-state index >= 15 is 0 Å². The van der Waals surface area contributed by atoms with E-state index in [0.717, 1.165) is 25.3 Å². The maximum atomic E-state index is 6.04. The van der Waals surface area contributed by atoms with Gasteiger partial charge in [-0.3, -0.25) is 0 Å². The van der Waals surface area contributed by atoms with Crippen LogP contribution >= 0.6 is 0 Å². The van der Waals surface area contributed by atoms with Crippen LogP contribution in [0.25, 0.3) is 10.8 Å². The molecule has 0 spiro atoms. The van der Waals surface area contributed by atoms with Gasteiger partial charge in [0.25, 0.3) is 0 Å². The Kier molecular flexibility index (Phi) is 6.06. The van der Waals surface area contributed by atoms with Crippen molar-refractivity contribution in [2.45, 2.75) is 52.6 Å². The summed E-state index contributed by atoms with van der Waals surface area (Å²) in [5, 5.41) is 6.08. The largest absolute Gasteiger partial charge is 0.493 e. The van der Waals surface area contributed by atoms with Crippen molar-refractivity contribution in [1.29, 1.82) is 0 Å². The van der Waals surface area contributed by atoms with Crippen LogP contribution in [-0.4, -0.2) is 12.6 Å². The summed E-state index contributed by atoms with van der Waals surface area (Å²) >= 11 is 0. The predicted octanol–water partition coefficient (Wildman–Crippen LogP) is 4.91. The minimum atomic E-state index is 0.469. The third kappa shape index (κ3) is 4.47. The van der Waals surface area contributed by atoms with Crippen molar-refractivity contribution < 1.29 is 4.74 Å². The van der Waals surface area contributed by atoms with Crippen molar-refractivity contribution in [3.05, 3.63) is 42.0 Å². The average molecular weight is 285 g/mol. The lowest BCUT2D eigenvalue weighted by molar-refractivity contribution is 0.303. The van der Waals surface area contributed by atoms with E-state index in [9.17, 15) is 0 Å². The number of rotatable bonds is 8. The SMILES string of the molecule is CCCCCOc1ccc2ccccc2c1CNC(C)C. The molecule has 2 heteroatoms. The van der Waals surface area contributed by atoms with E-state index in [2.05, 4.69) is 62.5 Å². The van der Waals surface area contributed by atoms with Gasteiger partial charge in [-0.15, -0.1) is 0 Å². The normalized spacial score (nSPS) is 11.2. The molecule has 0 radical (unpaired) electrons. The molecule has 2 aromatic carbocycles. The van der Waals surface area contributed by atoms with Crippen molar-refractivity contribution in [2.75, 3.05) is 6.61 Å². The Morgan fingerprint density at radius 1 is 1.05 bits per heavy atom. The highest BCUT2D eigenvalue weighted by Gasteiger charge is 2.09. The maximum absolute atomic E-state index is 6.04. The lowest BCUT2D eigenvalue weighted by Gasteiger charge is -2.16. The number of hydrogen-bond acceptors (Lipinski definition) is 2. The van der Waals surface area contributed by atoms with Crippen LogP contribution in [0.15, 0.2) is 36.4 Å². The fraction of sp³-hybridized carbons (Fsp3) is 0.474. The first-order valence-corrected chi connectivity index (χ1v) is 8.09. The summed E-state index contributed by atoms with van der Waals surface area (Å²) in [5.41, 5.74) is 1.28. The average Bonchev–Trinajstić information content (AvgIpc) is 2.49. The molecule has 2 rings (SSSR count). The number of nitrogens with one attached hydrogen (secondary N) is 1. The van der Waals surface area contributed by atoms with Crippen LogP contribution in [0.4, 0.5) is 0 Å². The highest BCUT2D eigenvalue weighted by atomic mass is 16.5. The van der Waals surface area contributed by atoms with Gasteiger partial charge in [-0.2, -0.15) is 0 Å². The molecule has 0 unspecified atom stereocenters. The molecule has 2 nitrogen and oxygen atoms in total. The molecule has 0 aliphatic carbocycles. The molecular weight excluding hydrogens is 258 g/mol. The van der Waals surface area contributed by atoms with Crippen LogP contribution in [-0.2, 0) is 6.54 Å². The van der Waals surface area contributed by atoms with E-state index in [4.69, 9.17) is 4.74 Å². The van der Waals surface area contributed by atoms with Crippen LogP contribution in [0.1, 0.15) is 45.6 Å². The van der Waals surface area contributed by atoms with Crippen molar-refractivity contribution in [3.8, 4) is 5.75 Å². The van der Waals surface area contributed by atoms with Crippen molar-refractivity contribution >= 4 is 10.8 Å². The fourth-order valence-corrected chi connectivity index (χ4v) is 2.47. The predicted molar refractivity (Wildman–Crippen MR) is 90.9 cm³/mol. The van der Waals surface area contributed by atoms with Crippen LogP contribution in [0, 0.1) is 0 Å². The standard InChI is InChI=1S/C19H27NO/c1-4-5-8-13-21-19-12-11-16-9-6-7-10-17(16)18(19)14-20-15(2)3/h6-7,9-12,15,20H,4-5,8,13-14H2,1-3H3. The van der Waals surface area contributed by atoms with Crippen LogP contribution in [0.3, 0.4) is 0 Å². The van der Waals surface area contributed by atoms with E-state index in [1.807, 2.05) is 0 Å². The van der Waals surface area contributed by atoms with Gasteiger partial charge in [0.1, 0.15) is 5.75 Å². The summed E-state index contributed by atoms with van der Waals surface area (Å²) < 4.78 is 6.04. The van der Waals surface area contributed by atoms with Crippen LogP contribution < -0.4 is 10.1 Å². The Labute approximate surface area is 128 Å². The number of ether oxygens (including phenoxy) is 1. The Balaban J connectivity index is 2.23. The van der Waals surface area contributed by atoms with Gasteiger partial charge in [-0.05, 0) is 23.3 Å². The summed E-state index contributed by atoms with van der Waals surface area (Å²) in [7, 11) is 0. The summed E-state index contributed by atoms with van der Waals surface area (Å²) in [6, 6.07) is 13.3. The zero-order valence-corrected chi connectivity index (χ0v) is 13.5. The first kappa shape index (κ1) is 15.8. The fourth-order valence-electron chi connectivity index (χ4n) is 2.47. The Morgan fingerprint density at radius 2 is 1.86 bits per heavy atom. The molecule has 0 aliphatic rings. The van der Waals surface area contributed by atoms with Gasteiger partial charge < -0.3 is 10.1 Å². The number of benzene rings is 2. The molecule has 0 saturated heterocycles. The van der Waals surface area contributed by atoms with Crippen molar-refractivity contribution in [2.24, 2.45) is 0 Å². The zero-order chi connectivity index (χ0) is 15.1. The summed E-state index contributed by atoms with van der Waals surface area (Å²) in [6.45, 7) is 8.22. The van der Waals surface area contributed by atoms with Crippen molar-refractivity contribution in [1.82, 2.24) is 5.32 Å². The summed E-state index contributed by atoms with van der Waals surface area (Å²) in [5.74, 6) is 1.03. The van der Waals surface area contributed by atoms with Gasteiger partial charge in [0.15, 0.2) is 0 Å². The molecule has 0 heterocycles. The quantitative estimate of drug-likeness (QED) is 0.696. The lowest BCUT2D eigenvalue weighted by Crippen LogP contribution is -2.22. The zero-order valence-electron chi connectivity index (χ0n) is 13.5. The molecule has 114 valence electrons. The molecule has 0 aliphatic heterocycles. The summed E-state index contributed by atoms with van der Waals surface area (Å²) in [6.07, 6.45) is 3.58. The van der Waals surface area contributed by atoms with E-state index in [1.165, 1.54) is 29.2 Å². The lowest BCUT2D eigenvalue weighted by atomic mass is 10.0. The van der Waals surface area contributed by atoms with Crippen LogP contribution in [0.2, 0.25) is 0 Å². The Bertz CT molecular complexity index is 562. The van der Waals surface area contributed by atoms with Gasteiger partial charge >= 0.3 is 0 Å². The van der Waals surface area contributed by atoms with Crippen molar-refractivity contribution in [3.63, 3.8) is 0 Å². The monoisotopic (exact) mass is 285 g/mol. The van der Waals surface area contributed by atoms with E-state index < -0.39 is 0 Å². The second-order valence-electron chi connectivity index (χ2n) is 5.85. The molecule has 21 heavy (non-hydrogen) atoms. The molecule has 0 aromatic heterocycles. The minimum Gasteiger partial charge on any atom is -0.493 e. The number of hydrogen-bond donors (Lipinski definition) is 1. The Morgan fingerprint density at radius 3 is 2.62 bits per heavy atom. The number of unbranched alkanes of at least 4 members (excludes halogenated alkanes) is 2. The molecule has 0 saturated carbocycles. The Hall–Kier alpha value is -1.54. The maximum Gasteiger partial charge on any atom is 0.124 e. The molecule has 1 N–H and O–H groups in total. The van der Waals surface area contributed by atoms with Crippen LogP contribution in [0.5, 0.6) is 5.75 Å². The molecular formula is C19H27NO. The molecule has 0 bridgehead atoms. The van der Waals surface area contributed by atoms with Gasteiger partial charge in [0, 0.05) is 18.2 Å². The molecule has 0 fully saturated rings.